The van der Waals surface area contributed by atoms with Gasteiger partial charge in [-0.1, -0.05) is 110 Å². The van der Waals surface area contributed by atoms with E-state index in [1.807, 2.05) is 18.2 Å². The van der Waals surface area contributed by atoms with Gasteiger partial charge >= 0.3 is 0 Å². The Bertz CT molecular complexity index is 2730. The maximum Gasteiger partial charge on any atom is 0.252 e. The number of aryl methyl sites for hydroxylation is 1. The number of fused-ring (bicyclic) bond motifs is 7. The fourth-order valence-corrected chi connectivity index (χ4v) is 9.04. The van der Waals surface area contributed by atoms with Gasteiger partial charge in [0.15, 0.2) is 5.69 Å². The van der Waals surface area contributed by atoms with Gasteiger partial charge in [0.2, 0.25) is 0 Å². The fourth-order valence-electron chi connectivity index (χ4n) is 9.04. The van der Waals surface area contributed by atoms with Crippen molar-refractivity contribution in [2.45, 2.75) is 86.0 Å². The summed E-state index contributed by atoms with van der Waals surface area (Å²) in [5.41, 5.74) is 22.3. The van der Waals surface area contributed by atoms with Crippen molar-refractivity contribution in [1.82, 2.24) is 4.57 Å². The van der Waals surface area contributed by atoms with E-state index >= 15 is 0 Å². The molecule has 0 bridgehead atoms. The van der Waals surface area contributed by atoms with Crippen molar-refractivity contribution in [1.29, 1.82) is 0 Å². The van der Waals surface area contributed by atoms with Gasteiger partial charge in [-0.15, -0.1) is 0 Å². The van der Waals surface area contributed by atoms with Crippen LogP contribution in [-0.2, 0) is 0 Å². The van der Waals surface area contributed by atoms with Crippen LogP contribution in [0.2, 0.25) is 0 Å². The van der Waals surface area contributed by atoms with E-state index in [4.69, 9.17) is 6.57 Å². The second-order valence-corrected chi connectivity index (χ2v) is 17.0. The molecule has 0 saturated carbocycles. The highest BCUT2D eigenvalue weighted by molar-refractivity contribution is 7.00. The van der Waals surface area contributed by atoms with E-state index in [0.29, 0.717) is 29.4 Å². The third-order valence-corrected chi connectivity index (χ3v) is 12.2. The Balaban J connectivity index is 1.45. The molecule has 3 heterocycles. The lowest BCUT2D eigenvalue weighted by Crippen LogP contribution is -2.59. The van der Waals surface area contributed by atoms with Crippen LogP contribution in [0.4, 0.5) is 17.1 Å². The molecule has 54 heavy (non-hydrogen) atoms. The van der Waals surface area contributed by atoms with Gasteiger partial charge in [0, 0.05) is 38.9 Å². The standard InChI is InChI=1S/C50H48BN3/c1-27(2)32-15-14-31(9)39(19-32)41-21-35(29(5)6)23-43-49(41)53-45-25-37(34-12-11-13-38(18-34)52-10)26-47-48(45)51(43)44-24-36(30(7)8)22-42-40-20-33(28(3)4)16-17-46(40)54(47)50(42)44/h11-30,53H,1-9H3. The van der Waals surface area contributed by atoms with Crippen molar-refractivity contribution in [3.8, 4) is 27.9 Å². The first-order valence-corrected chi connectivity index (χ1v) is 19.8. The highest BCUT2D eigenvalue weighted by Crippen LogP contribution is 2.43. The van der Waals surface area contributed by atoms with Crippen LogP contribution < -0.4 is 21.7 Å². The quantitative estimate of drug-likeness (QED) is 0.135. The summed E-state index contributed by atoms with van der Waals surface area (Å²) >= 11 is 0. The molecule has 2 aliphatic rings. The normalized spacial score (nSPS) is 12.9. The zero-order valence-electron chi connectivity index (χ0n) is 33.0. The molecule has 0 atom stereocenters. The van der Waals surface area contributed by atoms with Crippen LogP contribution in [0.25, 0.3) is 54.6 Å². The molecule has 0 fully saturated rings. The van der Waals surface area contributed by atoms with Crippen molar-refractivity contribution < 1.29 is 0 Å². The van der Waals surface area contributed by atoms with Crippen LogP contribution in [0.15, 0.2) is 97.1 Å². The highest BCUT2D eigenvalue weighted by Gasteiger charge is 2.41. The molecular formula is C50H48BN3. The summed E-state index contributed by atoms with van der Waals surface area (Å²) in [6.45, 7) is 28.5. The number of benzene rings is 6. The lowest BCUT2D eigenvalue weighted by Gasteiger charge is -2.37. The minimum absolute atomic E-state index is 0.0449. The van der Waals surface area contributed by atoms with Crippen molar-refractivity contribution >= 4 is 62.0 Å². The van der Waals surface area contributed by atoms with Crippen LogP contribution in [0.3, 0.4) is 0 Å². The lowest BCUT2D eigenvalue weighted by atomic mass is 9.33. The predicted octanol–water partition coefficient (Wildman–Crippen LogP) is 12.4. The Kier molecular flexibility index (Phi) is 7.95. The highest BCUT2D eigenvalue weighted by atomic mass is 15.0. The van der Waals surface area contributed by atoms with E-state index in [1.165, 1.54) is 88.5 Å². The Morgan fingerprint density at radius 2 is 1.26 bits per heavy atom. The molecule has 6 aromatic carbocycles. The number of hydrogen-bond donors (Lipinski definition) is 1. The minimum atomic E-state index is 0.0449. The molecule has 1 N–H and O–H groups in total. The number of aromatic nitrogens is 1. The van der Waals surface area contributed by atoms with Crippen LogP contribution in [-0.4, -0.2) is 11.3 Å². The van der Waals surface area contributed by atoms with Gasteiger partial charge in [-0.25, -0.2) is 4.85 Å². The first-order chi connectivity index (χ1) is 25.9. The first-order valence-electron chi connectivity index (χ1n) is 19.8. The number of nitrogens with zero attached hydrogens (tertiary/aromatic N) is 2. The second kappa shape index (κ2) is 12.5. The Morgan fingerprint density at radius 1 is 0.611 bits per heavy atom. The fraction of sp³-hybridized carbons (Fsp3) is 0.260. The third-order valence-electron chi connectivity index (χ3n) is 12.2. The van der Waals surface area contributed by atoms with Crippen molar-refractivity contribution in [2.75, 3.05) is 5.32 Å². The molecule has 0 spiro atoms. The Hall–Kier alpha value is -5.53. The van der Waals surface area contributed by atoms with E-state index in [0.717, 1.165) is 16.8 Å². The van der Waals surface area contributed by atoms with Crippen molar-refractivity contribution in [3.63, 3.8) is 0 Å². The van der Waals surface area contributed by atoms with Crippen LogP contribution >= 0.6 is 0 Å². The molecule has 2 aliphatic heterocycles. The van der Waals surface area contributed by atoms with E-state index in [-0.39, 0.29) is 6.71 Å². The molecule has 3 nitrogen and oxygen atoms in total. The topological polar surface area (TPSA) is 21.3 Å². The third kappa shape index (κ3) is 5.16. The predicted molar refractivity (Wildman–Crippen MR) is 233 cm³/mol. The zero-order chi connectivity index (χ0) is 37.7. The molecule has 9 rings (SSSR count). The molecular weight excluding hydrogens is 653 g/mol. The van der Waals surface area contributed by atoms with Gasteiger partial charge in [-0.3, -0.25) is 0 Å². The Morgan fingerprint density at radius 3 is 1.98 bits per heavy atom. The van der Waals surface area contributed by atoms with E-state index < -0.39 is 0 Å². The summed E-state index contributed by atoms with van der Waals surface area (Å²) in [5.74, 6) is 1.62. The largest absolute Gasteiger partial charge is 0.356 e. The lowest BCUT2D eigenvalue weighted by molar-refractivity contribution is 0.865. The Labute approximate surface area is 321 Å². The monoisotopic (exact) mass is 701 g/mol. The van der Waals surface area contributed by atoms with Gasteiger partial charge < -0.3 is 9.88 Å². The molecule has 0 saturated heterocycles. The first kappa shape index (κ1) is 34.3. The molecule has 7 aromatic rings. The summed E-state index contributed by atoms with van der Waals surface area (Å²) in [4.78, 5) is 3.80. The van der Waals surface area contributed by atoms with Crippen LogP contribution in [0.5, 0.6) is 0 Å². The molecule has 0 aliphatic carbocycles. The molecule has 0 unspecified atom stereocenters. The summed E-state index contributed by atoms with van der Waals surface area (Å²) in [6, 6.07) is 36.9. The number of rotatable bonds is 6. The van der Waals surface area contributed by atoms with Gasteiger partial charge in [0.25, 0.3) is 6.71 Å². The van der Waals surface area contributed by atoms with Gasteiger partial charge in [0.05, 0.1) is 12.1 Å². The van der Waals surface area contributed by atoms with Gasteiger partial charge in [-0.05, 0) is 134 Å². The van der Waals surface area contributed by atoms with Crippen molar-refractivity contribution in [2.24, 2.45) is 0 Å². The maximum absolute atomic E-state index is 7.79. The average Bonchev–Trinajstić information content (AvgIpc) is 3.49. The molecule has 266 valence electrons. The zero-order valence-corrected chi connectivity index (χ0v) is 33.0. The smallest absolute Gasteiger partial charge is 0.252 e. The molecule has 0 amide bonds. The molecule has 1 aromatic heterocycles. The number of hydrogen-bond acceptors (Lipinski definition) is 1. The summed E-state index contributed by atoms with van der Waals surface area (Å²) < 4.78 is 2.56. The minimum Gasteiger partial charge on any atom is -0.356 e. The van der Waals surface area contributed by atoms with Crippen LogP contribution in [0.1, 0.15) is 107 Å². The van der Waals surface area contributed by atoms with Gasteiger partial charge in [-0.2, -0.15) is 0 Å². The van der Waals surface area contributed by atoms with E-state index in [2.05, 4.69) is 156 Å². The SMILES string of the molecule is [C-]#[N+]c1cccc(-c2cc3c4c(c2)-n2c5ccc(C(C)C)cc5c5cc(C(C)C)cc(c52)B4c2cc(C(C)C)cc(-c4cc(C(C)C)ccc4C)c2N3)c1. The summed E-state index contributed by atoms with van der Waals surface area (Å²) in [7, 11) is 0. The average molecular weight is 702 g/mol. The van der Waals surface area contributed by atoms with Crippen molar-refractivity contribution in [3.05, 3.63) is 136 Å². The van der Waals surface area contributed by atoms with E-state index in [9.17, 15) is 0 Å². The summed E-state index contributed by atoms with van der Waals surface area (Å²) in [5, 5.41) is 6.77. The second-order valence-electron chi connectivity index (χ2n) is 17.0. The van der Waals surface area contributed by atoms with Gasteiger partial charge in [0.1, 0.15) is 0 Å². The van der Waals surface area contributed by atoms with E-state index in [1.54, 1.807) is 0 Å². The van der Waals surface area contributed by atoms with Crippen LogP contribution in [0, 0.1) is 13.5 Å². The number of anilines is 2. The molecule has 4 heteroatoms. The molecule has 0 radical (unpaired) electrons. The summed E-state index contributed by atoms with van der Waals surface area (Å²) in [6.07, 6.45) is 0. The number of nitrogens with one attached hydrogen (secondary N) is 1. The maximum atomic E-state index is 7.79.